The second-order valence-electron chi connectivity index (χ2n) is 9.04. The van der Waals surface area contributed by atoms with Crippen molar-refractivity contribution in [3.05, 3.63) is 66.2 Å². The largest absolute Gasteiger partial charge is 0.353 e. The number of anilines is 2. The first kappa shape index (κ1) is 20.9. The summed E-state index contributed by atoms with van der Waals surface area (Å²) in [5.41, 5.74) is 4.14. The van der Waals surface area contributed by atoms with Crippen LogP contribution in [0.25, 0.3) is 5.65 Å². The Hall–Kier alpha value is -2.96. The summed E-state index contributed by atoms with van der Waals surface area (Å²) in [5.74, 6) is -0.181. The minimum Gasteiger partial charge on any atom is -0.353 e. The first-order valence-electron chi connectivity index (χ1n) is 11.5. The molecule has 3 aliphatic rings. The average molecular weight is 438 g/mol. The van der Waals surface area contributed by atoms with Crippen LogP contribution in [0.4, 0.5) is 20.3 Å². The first-order chi connectivity index (χ1) is 15.5. The fourth-order valence-corrected chi connectivity index (χ4v) is 5.19. The van der Waals surface area contributed by atoms with Gasteiger partial charge in [0.05, 0.1) is 6.20 Å². The van der Waals surface area contributed by atoms with Gasteiger partial charge in [-0.15, -0.1) is 0 Å². The van der Waals surface area contributed by atoms with Crippen molar-refractivity contribution in [2.75, 3.05) is 23.4 Å². The summed E-state index contributed by atoms with van der Waals surface area (Å²) in [4.78, 5) is 9.12. The highest BCUT2D eigenvalue weighted by Crippen LogP contribution is 2.38. The van der Waals surface area contributed by atoms with Gasteiger partial charge in [-0.3, -0.25) is 0 Å². The third kappa shape index (κ3) is 3.85. The lowest BCUT2D eigenvalue weighted by atomic mass is 9.89. The summed E-state index contributed by atoms with van der Waals surface area (Å²) in [6, 6.07) is 1.82. The normalized spacial score (nSPS) is 25.4. The van der Waals surface area contributed by atoms with Crippen molar-refractivity contribution in [3.8, 4) is 0 Å². The predicted molar refractivity (Wildman–Crippen MR) is 124 cm³/mol. The Balaban J connectivity index is 1.44. The summed E-state index contributed by atoms with van der Waals surface area (Å²) in [5, 5.41) is 4.47. The zero-order valence-corrected chi connectivity index (χ0v) is 18.5. The van der Waals surface area contributed by atoms with Crippen molar-refractivity contribution in [2.45, 2.75) is 51.0 Å². The van der Waals surface area contributed by atoms with Gasteiger partial charge in [-0.1, -0.05) is 12.2 Å². The molecule has 2 aliphatic carbocycles. The van der Waals surface area contributed by atoms with Gasteiger partial charge in [0.1, 0.15) is 23.2 Å². The lowest BCUT2D eigenvalue weighted by Gasteiger charge is -2.32. The van der Waals surface area contributed by atoms with E-state index in [-0.39, 0.29) is 24.1 Å². The van der Waals surface area contributed by atoms with E-state index < -0.39 is 5.92 Å². The van der Waals surface area contributed by atoms with Crippen molar-refractivity contribution in [3.63, 3.8) is 0 Å². The SMILES string of the molecule is C=C1CCCC/C1=C/N(C)c1cnn2ccc(N3CCCC3[C@H]3CC(F)=CC=C3F)nc12. The monoisotopic (exact) mass is 437 g/mol. The molecule has 5 nitrogen and oxygen atoms in total. The molecule has 5 rings (SSSR count). The summed E-state index contributed by atoms with van der Waals surface area (Å²) in [6.07, 6.45) is 14.7. The maximum Gasteiger partial charge on any atom is 0.181 e. The van der Waals surface area contributed by atoms with E-state index in [0.717, 1.165) is 49.4 Å². The van der Waals surface area contributed by atoms with Crippen LogP contribution in [0.2, 0.25) is 0 Å². The van der Waals surface area contributed by atoms with Crippen molar-refractivity contribution < 1.29 is 8.78 Å². The first-order valence-corrected chi connectivity index (χ1v) is 11.5. The zero-order valence-electron chi connectivity index (χ0n) is 18.5. The van der Waals surface area contributed by atoms with Crippen LogP contribution in [0, 0.1) is 5.92 Å². The van der Waals surface area contributed by atoms with Crippen LogP contribution in [0.5, 0.6) is 0 Å². The van der Waals surface area contributed by atoms with Gasteiger partial charge in [-0.2, -0.15) is 5.10 Å². The van der Waals surface area contributed by atoms with Crippen LogP contribution in [-0.4, -0.2) is 34.2 Å². The number of fused-ring (bicyclic) bond motifs is 1. The maximum atomic E-state index is 14.6. The molecule has 3 heterocycles. The zero-order chi connectivity index (χ0) is 22.2. The Kier molecular flexibility index (Phi) is 5.57. The molecule has 0 spiro atoms. The van der Waals surface area contributed by atoms with Gasteiger partial charge < -0.3 is 9.80 Å². The third-order valence-corrected chi connectivity index (χ3v) is 6.94. The molecule has 1 saturated carbocycles. The molecule has 32 heavy (non-hydrogen) atoms. The van der Waals surface area contributed by atoms with Gasteiger partial charge in [-0.25, -0.2) is 18.3 Å². The Morgan fingerprint density at radius 1 is 1.19 bits per heavy atom. The Bertz CT molecular complexity index is 1130. The number of rotatable bonds is 4. The van der Waals surface area contributed by atoms with Gasteiger partial charge in [0, 0.05) is 44.4 Å². The van der Waals surface area contributed by atoms with Gasteiger partial charge in [-0.05, 0) is 62.3 Å². The Morgan fingerprint density at radius 3 is 2.88 bits per heavy atom. The Morgan fingerprint density at radius 2 is 2.03 bits per heavy atom. The molecule has 0 radical (unpaired) electrons. The van der Waals surface area contributed by atoms with Crippen molar-refractivity contribution in [2.24, 2.45) is 5.92 Å². The molecule has 2 atom stereocenters. The molecular weight excluding hydrogens is 408 g/mol. The highest BCUT2D eigenvalue weighted by Gasteiger charge is 2.36. The number of allylic oxidation sites excluding steroid dienone is 5. The van der Waals surface area contributed by atoms with Crippen LogP contribution in [0.15, 0.2) is 66.2 Å². The van der Waals surface area contributed by atoms with Gasteiger partial charge in [0.2, 0.25) is 0 Å². The quantitative estimate of drug-likeness (QED) is 0.599. The predicted octanol–water partition coefficient (Wildman–Crippen LogP) is 5.88. The highest BCUT2D eigenvalue weighted by atomic mass is 19.1. The number of hydrogen-bond acceptors (Lipinski definition) is 4. The Labute approximate surface area is 187 Å². The summed E-state index contributed by atoms with van der Waals surface area (Å²) < 4.78 is 30.2. The van der Waals surface area contributed by atoms with Gasteiger partial charge in [0.15, 0.2) is 5.65 Å². The second-order valence-corrected chi connectivity index (χ2v) is 9.04. The molecule has 1 saturated heterocycles. The second kappa shape index (κ2) is 8.52. The minimum atomic E-state index is -0.463. The molecule has 168 valence electrons. The molecule has 0 N–H and O–H groups in total. The number of aromatic nitrogens is 3. The van der Waals surface area contributed by atoms with E-state index in [1.165, 1.54) is 36.1 Å². The maximum absolute atomic E-state index is 14.6. The fourth-order valence-electron chi connectivity index (χ4n) is 5.19. The lowest BCUT2D eigenvalue weighted by Crippen LogP contribution is -2.37. The number of hydrogen-bond donors (Lipinski definition) is 0. The van der Waals surface area contributed by atoms with E-state index >= 15 is 0 Å². The molecule has 2 aromatic rings. The van der Waals surface area contributed by atoms with Crippen LogP contribution in [0.1, 0.15) is 44.9 Å². The topological polar surface area (TPSA) is 36.7 Å². The van der Waals surface area contributed by atoms with E-state index in [0.29, 0.717) is 0 Å². The molecule has 1 aliphatic heterocycles. The van der Waals surface area contributed by atoms with E-state index in [9.17, 15) is 8.78 Å². The standard InChI is InChI=1S/C25H29F2N5/c1-17-6-3-4-7-18(17)16-30(2)23-15-28-32-13-11-24(29-25(23)32)31-12-5-8-22(31)20-14-19(26)9-10-21(20)27/h9-11,13,15-16,20,22H,1,3-8,12,14H2,2H3/b18-16-/t20-,22?/m0/s1. The van der Waals surface area contributed by atoms with Gasteiger partial charge >= 0.3 is 0 Å². The molecule has 0 aromatic carbocycles. The van der Waals surface area contributed by atoms with E-state index in [1.807, 2.05) is 25.5 Å². The van der Waals surface area contributed by atoms with Crippen LogP contribution in [0.3, 0.4) is 0 Å². The molecule has 7 heteroatoms. The molecule has 2 fully saturated rings. The van der Waals surface area contributed by atoms with Gasteiger partial charge in [0.25, 0.3) is 0 Å². The average Bonchev–Trinajstić information content (AvgIpc) is 3.43. The highest BCUT2D eigenvalue weighted by molar-refractivity contribution is 5.71. The van der Waals surface area contributed by atoms with Crippen molar-refractivity contribution in [1.82, 2.24) is 14.6 Å². The van der Waals surface area contributed by atoms with Crippen LogP contribution >= 0.6 is 0 Å². The molecule has 0 bridgehead atoms. The molecule has 0 amide bonds. The van der Waals surface area contributed by atoms with Crippen molar-refractivity contribution in [1.29, 1.82) is 0 Å². The minimum absolute atomic E-state index is 0.0996. The third-order valence-electron chi connectivity index (χ3n) is 6.94. The van der Waals surface area contributed by atoms with E-state index in [4.69, 9.17) is 4.98 Å². The van der Waals surface area contributed by atoms with E-state index in [2.05, 4.69) is 27.7 Å². The number of nitrogens with zero attached hydrogens (tertiary/aromatic N) is 5. The molecule has 1 unspecified atom stereocenters. The lowest BCUT2D eigenvalue weighted by molar-refractivity contribution is 0.361. The van der Waals surface area contributed by atoms with E-state index in [1.54, 1.807) is 4.52 Å². The summed E-state index contributed by atoms with van der Waals surface area (Å²) >= 11 is 0. The number of halogens is 2. The molecular formula is C25H29F2N5. The van der Waals surface area contributed by atoms with Crippen LogP contribution < -0.4 is 9.80 Å². The smallest absolute Gasteiger partial charge is 0.181 e. The summed E-state index contributed by atoms with van der Waals surface area (Å²) in [6.45, 7) is 5.00. The molecule has 2 aromatic heterocycles. The van der Waals surface area contributed by atoms with Crippen molar-refractivity contribution >= 4 is 17.2 Å². The van der Waals surface area contributed by atoms with Crippen LogP contribution in [-0.2, 0) is 0 Å². The summed E-state index contributed by atoms with van der Waals surface area (Å²) in [7, 11) is 2.01. The fraction of sp³-hybridized carbons (Fsp3) is 0.440.